The smallest absolute Gasteiger partial charge is 0.333 e. The Hall–Kier alpha value is -3.32. The van der Waals surface area contributed by atoms with Gasteiger partial charge in [-0.15, -0.1) is 0 Å². The van der Waals surface area contributed by atoms with Gasteiger partial charge in [0.05, 0.1) is 19.4 Å². The molecule has 30 heavy (non-hydrogen) atoms. The average Bonchev–Trinajstić information content (AvgIpc) is 3.13. The number of rotatable bonds is 10. The number of aryl methyl sites for hydroxylation is 1. The van der Waals surface area contributed by atoms with E-state index in [1.807, 2.05) is 43.3 Å². The summed E-state index contributed by atoms with van der Waals surface area (Å²) in [5.74, 6) is 1.47. The Kier molecular flexibility index (Phi) is 7.08. The van der Waals surface area contributed by atoms with Crippen molar-refractivity contribution >= 4 is 5.97 Å². The van der Waals surface area contributed by atoms with Crippen molar-refractivity contribution < 1.29 is 28.5 Å². The number of carboxylic acid groups (broad SMARTS) is 1. The number of benzene rings is 2. The van der Waals surface area contributed by atoms with Gasteiger partial charge in [-0.1, -0.05) is 24.3 Å². The van der Waals surface area contributed by atoms with Gasteiger partial charge in [0.1, 0.15) is 5.76 Å². The second-order valence-electron chi connectivity index (χ2n) is 6.74. The van der Waals surface area contributed by atoms with Crippen molar-refractivity contribution in [1.29, 1.82) is 0 Å². The molecule has 7 heteroatoms. The Morgan fingerprint density at radius 3 is 2.57 bits per heavy atom. The number of hydrogen-bond donors (Lipinski definition) is 1. The predicted octanol–water partition coefficient (Wildman–Crippen LogP) is 3.92. The van der Waals surface area contributed by atoms with E-state index in [1.54, 1.807) is 19.2 Å². The zero-order chi connectivity index (χ0) is 21.5. The Bertz CT molecular complexity index is 983. The highest BCUT2D eigenvalue weighted by atomic mass is 16.5. The van der Waals surface area contributed by atoms with Gasteiger partial charge in [0.2, 0.25) is 5.89 Å². The van der Waals surface area contributed by atoms with Crippen LogP contribution in [0.3, 0.4) is 0 Å². The number of hydrogen-bond acceptors (Lipinski definition) is 6. The van der Waals surface area contributed by atoms with Crippen LogP contribution < -0.4 is 9.47 Å². The molecule has 1 aromatic heterocycles. The Morgan fingerprint density at radius 1 is 1.13 bits per heavy atom. The topological polar surface area (TPSA) is 91.0 Å². The quantitative estimate of drug-likeness (QED) is 0.541. The zero-order valence-electron chi connectivity index (χ0n) is 17.3. The van der Waals surface area contributed by atoms with E-state index in [0.29, 0.717) is 30.4 Å². The lowest BCUT2D eigenvalue weighted by atomic mass is 10.1. The van der Waals surface area contributed by atoms with Crippen LogP contribution in [0.2, 0.25) is 0 Å². The van der Waals surface area contributed by atoms with Crippen molar-refractivity contribution in [3.8, 4) is 23.0 Å². The van der Waals surface area contributed by atoms with Crippen LogP contribution in [-0.2, 0) is 22.4 Å². The maximum atomic E-state index is 11.2. The van der Waals surface area contributed by atoms with Crippen molar-refractivity contribution in [3.63, 3.8) is 0 Å². The van der Waals surface area contributed by atoms with E-state index < -0.39 is 12.1 Å². The Morgan fingerprint density at radius 2 is 1.90 bits per heavy atom. The van der Waals surface area contributed by atoms with E-state index in [1.165, 1.54) is 7.11 Å². The number of carbonyl (C=O) groups is 1. The molecule has 3 rings (SSSR count). The van der Waals surface area contributed by atoms with E-state index in [-0.39, 0.29) is 6.42 Å². The van der Waals surface area contributed by atoms with Crippen LogP contribution in [-0.4, -0.2) is 43.0 Å². The van der Waals surface area contributed by atoms with E-state index in [2.05, 4.69) is 4.98 Å². The van der Waals surface area contributed by atoms with E-state index in [4.69, 9.17) is 23.7 Å². The highest BCUT2D eigenvalue weighted by Gasteiger charge is 2.18. The first kappa shape index (κ1) is 21.4. The molecule has 0 aliphatic rings. The number of aliphatic carboxylic acids is 1. The summed E-state index contributed by atoms with van der Waals surface area (Å²) in [6.07, 6.45) is -0.0869. The van der Waals surface area contributed by atoms with Crippen molar-refractivity contribution in [2.24, 2.45) is 0 Å². The van der Waals surface area contributed by atoms with Crippen LogP contribution in [0.5, 0.6) is 11.5 Å². The highest BCUT2D eigenvalue weighted by molar-refractivity contribution is 5.72. The second kappa shape index (κ2) is 9.93. The molecule has 0 saturated carbocycles. The minimum atomic E-state index is -1.00. The minimum absolute atomic E-state index is 0.239. The lowest BCUT2D eigenvalue weighted by Gasteiger charge is -2.14. The third-order valence-corrected chi connectivity index (χ3v) is 4.72. The molecule has 2 aromatic carbocycles. The molecule has 0 aliphatic carbocycles. The van der Waals surface area contributed by atoms with Gasteiger partial charge in [0, 0.05) is 25.5 Å². The number of aromatic nitrogens is 1. The summed E-state index contributed by atoms with van der Waals surface area (Å²) < 4.78 is 22.1. The average molecular weight is 411 g/mol. The van der Waals surface area contributed by atoms with Crippen molar-refractivity contribution in [2.45, 2.75) is 25.9 Å². The molecule has 0 aliphatic heterocycles. The maximum absolute atomic E-state index is 11.2. The summed E-state index contributed by atoms with van der Waals surface area (Å²) in [6, 6.07) is 15.1. The fourth-order valence-corrected chi connectivity index (χ4v) is 3.07. The maximum Gasteiger partial charge on any atom is 0.333 e. The summed E-state index contributed by atoms with van der Waals surface area (Å²) in [7, 11) is 2.92. The molecule has 0 amide bonds. The fraction of sp³-hybridized carbons (Fsp3) is 0.304. The molecule has 0 saturated heterocycles. The summed E-state index contributed by atoms with van der Waals surface area (Å²) in [4.78, 5) is 15.7. The molecule has 0 spiro atoms. The first-order valence-corrected chi connectivity index (χ1v) is 9.59. The summed E-state index contributed by atoms with van der Waals surface area (Å²) in [5.41, 5.74) is 2.56. The fourth-order valence-electron chi connectivity index (χ4n) is 3.07. The third kappa shape index (κ3) is 5.18. The number of nitrogens with zero attached hydrogens (tertiary/aromatic N) is 1. The molecule has 3 aromatic rings. The molecular weight excluding hydrogens is 386 g/mol. The lowest BCUT2D eigenvalue weighted by Crippen LogP contribution is -2.24. The van der Waals surface area contributed by atoms with Gasteiger partial charge in [-0.05, 0) is 36.8 Å². The molecule has 0 fully saturated rings. The largest absolute Gasteiger partial charge is 0.493 e. The zero-order valence-corrected chi connectivity index (χ0v) is 17.3. The molecule has 1 N–H and O–H groups in total. The number of methoxy groups -OCH3 is 2. The van der Waals surface area contributed by atoms with E-state index >= 15 is 0 Å². The van der Waals surface area contributed by atoms with Crippen LogP contribution in [0.15, 0.2) is 52.9 Å². The van der Waals surface area contributed by atoms with Gasteiger partial charge in [-0.3, -0.25) is 0 Å². The Balaban J connectivity index is 1.63. The van der Waals surface area contributed by atoms with Crippen LogP contribution in [0.1, 0.15) is 17.0 Å². The van der Waals surface area contributed by atoms with Crippen LogP contribution in [0.25, 0.3) is 11.5 Å². The van der Waals surface area contributed by atoms with Gasteiger partial charge >= 0.3 is 5.97 Å². The standard InChI is InChI=1S/C23H25NO6/c1-15-18(24-22(30-15)17-7-5-4-6-8-17)11-12-29-19-10-9-16(13-20(19)27-2)14-21(28-3)23(25)26/h4-10,13,21H,11-12,14H2,1-3H3,(H,25,26). The van der Waals surface area contributed by atoms with E-state index in [9.17, 15) is 4.79 Å². The number of carboxylic acids is 1. The predicted molar refractivity (Wildman–Crippen MR) is 111 cm³/mol. The molecular formula is C23H25NO6. The first-order chi connectivity index (χ1) is 14.5. The number of oxazole rings is 1. The minimum Gasteiger partial charge on any atom is -0.493 e. The summed E-state index contributed by atoms with van der Waals surface area (Å²) in [6.45, 7) is 2.28. The SMILES string of the molecule is COc1cc(CC(OC)C(=O)O)ccc1OCCc1nc(-c2ccccc2)oc1C. The monoisotopic (exact) mass is 411 g/mol. The van der Waals surface area contributed by atoms with Crippen LogP contribution >= 0.6 is 0 Å². The normalized spacial score (nSPS) is 11.8. The van der Waals surface area contributed by atoms with Crippen molar-refractivity contribution in [3.05, 3.63) is 65.5 Å². The van der Waals surface area contributed by atoms with Crippen LogP contribution in [0.4, 0.5) is 0 Å². The molecule has 0 radical (unpaired) electrons. The van der Waals surface area contributed by atoms with Gasteiger partial charge in [-0.25, -0.2) is 9.78 Å². The Labute approximate surface area is 175 Å². The summed E-state index contributed by atoms with van der Waals surface area (Å²) >= 11 is 0. The van der Waals surface area contributed by atoms with E-state index in [0.717, 1.165) is 22.6 Å². The van der Waals surface area contributed by atoms with Gasteiger partial charge in [0.25, 0.3) is 0 Å². The molecule has 0 bridgehead atoms. The molecule has 1 heterocycles. The lowest BCUT2D eigenvalue weighted by molar-refractivity contribution is -0.148. The third-order valence-electron chi connectivity index (χ3n) is 4.72. The van der Waals surface area contributed by atoms with Crippen molar-refractivity contribution in [1.82, 2.24) is 4.98 Å². The second-order valence-corrected chi connectivity index (χ2v) is 6.74. The summed E-state index contributed by atoms with van der Waals surface area (Å²) in [5, 5.41) is 9.14. The first-order valence-electron chi connectivity index (χ1n) is 9.59. The molecule has 1 unspecified atom stereocenters. The van der Waals surface area contributed by atoms with Crippen LogP contribution in [0, 0.1) is 6.92 Å². The van der Waals surface area contributed by atoms with Crippen molar-refractivity contribution in [2.75, 3.05) is 20.8 Å². The molecule has 158 valence electrons. The van der Waals surface area contributed by atoms with Gasteiger partial charge in [0.15, 0.2) is 17.6 Å². The number of ether oxygens (including phenoxy) is 3. The van der Waals surface area contributed by atoms with Gasteiger partial charge in [-0.2, -0.15) is 0 Å². The van der Waals surface area contributed by atoms with Gasteiger partial charge < -0.3 is 23.7 Å². The molecule has 7 nitrogen and oxygen atoms in total. The highest BCUT2D eigenvalue weighted by Crippen LogP contribution is 2.29. The molecule has 1 atom stereocenters.